The largest absolute Gasteiger partial charge is 0.490 e. The van der Waals surface area contributed by atoms with Gasteiger partial charge in [-0.25, -0.2) is 4.79 Å². The van der Waals surface area contributed by atoms with Gasteiger partial charge in [0.1, 0.15) is 5.75 Å². The highest BCUT2D eigenvalue weighted by Gasteiger charge is 2.42. The Morgan fingerprint density at radius 2 is 2.12 bits per heavy atom. The lowest BCUT2D eigenvalue weighted by Crippen LogP contribution is -2.39. The van der Waals surface area contributed by atoms with E-state index in [2.05, 4.69) is 5.32 Å². The number of rotatable bonds is 4. The SMILES string of the molecule is O=C(NCc1ccccc1OC1CCCC1)N1CC[C@]2(CCOC2)C1. The summed E-state index contributed by atoms with van der Waals surface area (Å²) in [7, 11) is 0. The third-order valence-corrected chi connectivity index (χ3v) is 5.91. The molecule has 1 N–H and O–H groups in total. The van der Waals surface area contributed by atoms with Gasteiger partial charge in [0.25, 0.3) is 0 Å². The summed E-state index contributed by atoms with van der Waals surface area (Å²) in [5.41, 5.74) is 1.27. The number of urea groups is 1. The quantitative estimate of drug-likeness (QED) is 0.911. The van der Waals surface area contributed by atoms with Gasteiger partial charge >= 0.3 is 6.03 Å². The monoisotopic (exact) mass is 344 g/mol. The number of hydrogen-bond acceptors (Lipinski definition) is 3. The van der Waals surface area contributed by atoms with Crippen LogP contribution >= 0.6 is 0 Å². The molecule has 1 aliphatic carbocycles. The van der Waals surface area contributed by atoms with Crippen LogP contribution in [0.5, 0.6) is 5.75 Å². The van der Waals surface area contributed by atoms with Crippen LogP contribution in [0.1, 0.15) is 44.1 Å². The van der Waals surface area contributed by atoms with Gasteiger partial charge in [-0.1, -0.05) is 18.2 Å². The van der Waals surface area contributed by atoms with Crippen molar-refractivity contribution in [1.82, 2.24) is 10.2 Å². The van der Waals surface area contributed by atoms with E-state index >= 15 is 0 Å². The van der Waals surface area contributed by atoms with Crippen LogP contribution in [0.15, 0.2) is 24.3 Å². The number of carbonyl (C=O) groups is 1. The van der Waals surface area contributed by atoms with Crippen molar-refractivity contribution in [3.63, 3.8) is 0 Å². The minimum Gasteiger partial charge on any atom is -0.490 e. The normalized spacial score (nSPS) is 26.5. The molecule has 3 aliphatic rings. The Balaban J connectivity index is 1.32. The van der Waals surface area contributed by atoms with Crippen molar-refractivity contribution in [3.8, 4) is 5.75 Å². The fraction of sp³-hybridized carbons (Fsp3) is 0.650. The molecular formula is C20H28N2O3. The zero-order valence-electron chi connectivity index (χ0n) is 14.8. The van der Waals surface area contributed by atoms with Crippen molar-refractivity contribution in [3.05, 3.63) is 29.8 Å². The topological polar surface area (TPSA) is 50.8 Å². The number of carbonyl (C=O) groups excluding carboxylic acids is 1. The van der Waals surface area contributed by atoms with Gasteiger partial charge in [-0.15, -0.1) is 0 Å². The van der Waals surface area contributed by atoms with E-state index in [1.165, 1.54) is 12.8 Å². The Hall–Kier alpha value is -1.75. The Labute approximate surface area is 149 Å². The molecule has 0 bridgehead atoms. The highest BCUT2D eigenvalue weighted by molar-refractivity contribution is 5.74. The Bertz CT molecular complexity index is 607. The van der Waals surface area contributed by atoms with Crippen molar-refractivity contribution >= 4 is 6.03 Å². The molecule has 4 rings (SSSR count). The number of likely N-dealkylation sites (tertiary alicyclic amines) is 1. The molecule has 0 aromatic heterocycles. The number of nitrogens with zero attached hydrogens (tertiary/aromatic N) is 1. The van der Waals surface area contributed by atoms with Gasteiger partial charge in [-0.3, -0.25) is 0 Å². The smallest absolute Gasteiger partial charge is 0.317 e. The van der Waals surface area contributed by atoms with Gasteiger partial charge in [0.15, 0.2) is 0 Å². The van der Waals surface area contributed by atoms with E-state index in [9.17, 15) is 4.79 Å². The summed E-state index contributed by atoms with van der Waals surface area (Å²) in [5, 5.41) is 3.08. The van der Waals surface area contributed by atoms with E-state index in [1.54, 1.807) is 0 Å². The van der Waals surface area contributed by atoms with Crippen LogP contribution in [0.2, 0.25) is 0 Å². The Morgan fingerprint density at radius 1 is 1.28 bits per heavy atom. The predicted octanol–water partition coefficient (Wildman–Crippen LogP) is 3.33. The molecule has 3 fully saturated rings. The zero-order chi connectivity index (χ0) is 17.1. The maximum atomic E-state index is 12.5. The first kappa shape index (κ1) is 16.7. The van der Waals surface area contributed by atoms with E-state index < -0.39 is 0 Å². The summed E-state index contributed by atoms with van der Waals surface area (Å²) in [6.45, 7) is 3.80. The van der Waals surface area contributed by atoms with Crippen molar-refractivity contribution in [2.24, 2.45) is 5.41 Å². The van der Waals surface area contributed by atoms with Crippen LogP contribution in [0.3, 0.4) is 0 Å². The molecule has 2 aliphatic heterocycles. The van der Waals surface area contributed by atoms with Gasteiger partial charge in [0.05, 0.1) is 12.7 Å². The van der Waals surface area contributed by atoms with Gasteiger partial charge in [-0.2, -0.15) is 0 Å². The van der Waals surface area contributed by atoms with Crippen LogP contribution < -0.4 is 10.1 Å². The molecule has 25 heavy (non-hydrogen) atoms. The Morgan fingerprint density at radius 3 is 2.92 bits per heavy atom. The predicted molar refractivity (Wildman–Crippen MR) is 95.6 cm³/mol. The van der Waals surface area contributed by atoms with Crippen LogP contribution in [0, 0.1) is 5.41 Å². The lowest BCUT2D eigenvalue weighted by atomic mass is 9.87. The summed E-state index contributed by atoms with van der Waals surface area (Å²) < 4.78 is 11.7. The van der Waals surface area contributed by atoms with E-state index in [-0.39, 0.29) is 11.4 Å². The molecule has 2 amide bonds. The van der Waals surface area contributed by atoms with Crippen molar-refractivity contribution < 1.29 is 14.3 Å². The van der Waals surface area contributed by atoms with Gasteiger partial charge in [-0.05, 0) is 44.6 Å². The molecule has 2 heterocycles. The van der Waals surface area contributed by atoms with Crippen molar-refractivity contribution in [1.29, 1.82) is 0 Å². The molecule has 136 valence electrons. The molecule has 1 aromatic carbocycles. The summed E-state index contributed by atoms with van der Waals surface area (Å²) in [5.74, 6) is 0.914. The molecule has 1 aromatic rings. The van der Waals surface area contributed by atoms with E-state index in [4.69, 9.17) is 9.47 Å². The average molecular weight is 344 g/mol. The number of benzene rings is 1. The van der Waals surface area contributed by atoms with Crippen LogP contribution in [0.4, 0.5) is 4.79 Å². The average Bonchev–Trinajstić information content (AvgIpc) is 3.38. The van der Waals surface area contributed by atoms with Gasteiger partial charge in [0.2, 0.25) is 0 Å². The molecule has 5 nitrogen and oxygen atoms in total. The van der Waals surface area contributed by atoms with Crippen molar-refractivity contribution in [2.75, 3.05) is 26.3 Å². The van der Waals surface area contributed by atoms with E-state index in [1.807, 2.05) is 29.2 Å². The molecule has 1 atom stereocenters. The fourth-order valence-electron chi connectivity index (χ4n) is 4.31. The van der Waals surface area contributed by atoms with Crippen LogP contribution in [-0.2, 0) is 11.3 Å². The first-order valence-electron chi connectivity index (χ1n) is 9.59. The second-order valence-corrected chi connectivity index (χ2v) is 7.76. The number of amides is 2. The summed E-state index contributed by atoms with van der Waals surface area (Å²) in [6, 6.07) is 8.09. The van der Waals surface area contributed by atoms with Gasteiger partial charge in [0, 0.05) is 37.2 Å². The first-order chi connectivity index (χ1) is 12.2. The molecule has 0 unspecified atom stereocenters. The third kappa shape index (κ3) is 3.76. The zero-order valence-corrected chi connectivity index (χ0v) is 14.8. The molecular weight excluding hydrogens is 316 g/mol. The summed E-state index contributed by atoms with van der Waals surface area (Å²) in [6.07, 6.45) is 7.25. The maximum Gasteiger partial charge on any atom is 0.317 e. The number of nitrogens with one attached hydrogen (secondary N) is 1. The lowest BCUT2D eigenvalue weighted by Gasteiger charge is -2.22. The molecule has 2 saturated heterocycles. The minimum atomic E-state index is 0.0273. The number of ether oxygens (including phenoxy) is 2. The third-order valence-electron chi connectivity index (χ3n) is 5.91. The Kier molecular flexibility index (Phi) is 4.84. The number of hydrogen-bond donors (Lipinski definition) is 1. The highest BCUT2D eigenvalue weighted by atomic mass is 16.5. The van der Waals surface area contributed by atoms with Gasteiger partial charge < -0.3 is 19.7 Å². The van der Waals surface area contributed by atoms with E-state index in [0.29, 0.717) is 12.6 Å². The standard InChI is InChI=1S/C20H28N2O3/c23-19(22-11-9-20(14-22)10-12-24-15-20)21-13-16-5-1-4-8-18(16)25-17-6-2-3-7-17/h1,4-5,8,17H,2-3,6-7,9-15H2,(H,21,23)/t20-/m0/s1. The van der Waals surface area contributed by atoms with Crippen LogP contribution in [-0.4, -0.2) is 43.3 Å². The fourth-order valence-corrected chi connectivity index (χ4v) is 4.31. The summed E-state index contributed by atoms with van der Waals surface area (Å²) in [4.78, 5) is 14.5. The van der Waals surface area contributed by atoms with E-state index in [0.717, 1.165) is 63.3 Å². The van der Waals surface area contributed by atoms with Crippen LogP contribution in [0.25, 0.3) is 0 Å². The molecule has 1 saturated carbocycles. The number of para-hydroxylation sites is 1. The molecule has 1 spiro atoms. The maximum absolute atomic E-state index is 12.5. The molecule has 5 heteroatoms. The molecule has 0 radical (unpaired) electrons. The second kappa shape index (κ2) is 7.24. The first-order valence-corrected chi connectivity index (χ1v) is 9.59. The highest BCUT2D eigenvalue weighted by Crippen LogP contribution is 2.38. The second-order valence-electron chi connectivity index (χ2n) is 7.76. The summed E-state index contributed by atoms with van der Waals surface area (Å²) >= 11 is 0. The lowest BCUT2D eigenvalue weighted by molar-refractivity contribution is 0.152. The minimum absolute atomic E-state index is 0.0273. The van der Waals surface area contributed by atoms with Crippen molar-refractivity contribution in [2.45, 2.75) is 51.2 Å².